The van der Waals surface area contributed by atoms with Crippen LogP contribution >= 0.6 is 11.5 Å². The zero-order valence-electron chi connectivity index (χ0n) is 9.07. The molecule has 1 atom stereocenters. The second-order valence-corrected chi connectivity index (χ2v) is 4.49. The Labute approximate surface area is 97.3 Å². The fourth-order valence-electron chi connectivity index (χ4n) is 1.61. The van der Waals surface area contributed by atoms with E-state index in [0.717, 1.165) is 21.7 Å². The van der Waals surface area contributed by atoms with Crippen molar-refractivity contribution < 1.29 is 4.39 Å². The second kappa shape index (κ2) is 4.27. The van der Waals surface area contributed by atoms with E-state index in [0.29, 0.717) is 0 Å². The van der Waals surface area contributed by atoms with Crippen LogP contribution in [-0.2, 0) is 0 Å². The molecule has 1 unspecified atom stereocenters. The van der Waals surface area contributed by atoms with Crippen LogP contribution in [0.4, 0.5) is 4.39 Å². The first kappa shape index (κ1) is 11.2. The molecule has 0 amide bonds. The third-order valence-corrected chi connectivity index (χ3v) is 3.45. The summed E-state index contributed by atoms with van der Waals surface area (Å²) in [6.07, 6.45) is 0. The third-order valence-electron chi connectivity index (χ3n) is 2.55. The van der Waals surface area contributed by atoms with Crippen LogP contribution < -0.4 is 5.73 Å². The van der Waals surface area contributed by atoms with Crippen LogP contribution in [0, 0.1) is 19.7 Å². The lowest BCUT2D eigenvalue weighted by Crippen LogP contribution is -2.13. The first-order valence-corrected chi connectivity index (χ1v) is 5.67. The van der Waals surface area contributed by atoms with Gasteiger partial charge < -0.3 is 5.73 Å². The van der Waals surface area contributed by atoms with E-state index in [2.05, 4.69) is 9.59 Å². The maximum absolute atomic E-state index is 13.2. The molecule has 5 heteroatoms. The molecule has 0 aliphatic rings. The Kier molecular flexibility index (Phi) is 2.98. The van der Waals surface area contributed by atoms with Crippen molar-refractivity contribution in [2.24, 2.45) is 5.73 Å². The number of nitrogens with zero attached hydrogens (tertiary/aromatic N) is 2. The van der Waals surface area contributed by atoms with E-state index in [1.807, 2.05) is 13.8 Å². The average molecular weight is 237 g/mol. The summed E-state index contributed by atoms with van der Waals surface area (Å²) in [5.41, 5.74) is 8.66. The van der Waals surface area contributed by atoms with Gasteiger partial charge in [0.25, 0.3) is 0 Å². The van der Waals surface area contributed by atoms with Crippen LogP contribution in [0.2, 0.25) is 0 Å². The van der Waals surface area contributed by atoms with Crippen molar-refractivity contribution in [1.82, 2.24) is 9.59 Å². The van der Waals surface area contributed by atoms with Crippen molar-refractivity contribution in [1.29, 1.82) is 0 Å². The largest absolute Gasteiger partial charge is 0.319 e. The Morgan fingerprint density at radius 2 is 2.12 bits per heavy atom. The Hall–Kier alpha value is -1.33. The molecule has 2 aromatic rings. The van der Waals surface area contributed by atoms with Crippen molar-refractivity contribution in [3.05, 3.63) is 45.7 Å². The molecule has 1 aromatic heterocycles. The normalized spacial score (nSPS) is 12.8. The van der Waals surface area contributed by atoms with Crippen molar-refractivity contribution in [2.75, 3.05) is 0 Å². The number of aromatic nitrogens is 2. The molecular weight excluding hydrogens is 225 g/mol. The highest BCUT2D eigenvalue weighted by Crippen LogP contribution is 2.27. The Morgan fingerprint density at radius 3 is 2.75 bits per heavy atom. The van der Waals surface area contributed by atoms with Gasteiger partial charge in [-0.05, 0) is 48.6 Å². The molecule has 0 fully saturated rings. The monoisotopic (exact) mass is 237 g/mol. The third kappa shape index (κ3) is 1.96. The van der Waals surface area contributed by atoms with Crippen molar-refractivity contribution >= 4 is 11.5 Å². The Balaban J connectivity index is 2.45. The summed E-state index contributed by atoms with van der Waals surface area (Å²) in [4.78, 5) is 0.883. The van der Waals surface area contributed by atoms with Gasteiger partial charge >= 0.3 is 0 Å². The summed E-state index contributed by atoms with van der Waals surface area (Å²) in [7, 11) is 0. The van der Waals surface area contributed by atoms with E-state index in [1.54, 1.807) is 6.07 Å². The van der Waals surface area contributed by atoms with Crippen molar-refractivity contribution in [3.63, 3.8) is 0 Å². The number of hydrogen-bond donors (Lipinski definition) is 1. The molecule has 0 bridgehead atoms. The Morgan fingerprint density at radius 1 is 1.38 bits per heavy atom. The molecule has 2 rings (SSSR count). The van der Waals surface area contributed by atoms with Gasteiger partial charge in [-0.15, -0.1) is 5.10 Å². The summed E-state index contributed by atoms with van der Waals surface area (Å²) < 4.78 is 17.0. The molecule has 84 valence electrons. The lowest BCUT2D eigenvalue weighted by Gasteiger charge is -2.13. The summed E-state index contributed by atoms with van der Waals surface area (Å²) >= 11 is 1.26. The van der Waals surface area contributed by atoms with E-state index in [9.17, 15) is 4.39 Å². The van der Waals surface area contributed by atoms with Gasteiger partial charge in [-0.3, -0.25) is 0 Å². The zero-order valence-corrected chi connectivity index (χ0v) is 9.88. The van der Waals surface area contributed by atoms with E-state index in [4.69, 9.17) is 5.73 Å². The molecule has 1 aromatic carbocycles. The average Bonchev–Trinajstić information content (AvgIpc) is 2.67. The van der Waals surface area contributed by atoms with Crippen LogP contribution in [-0.4, -0.2) is 9.59 Å². The highest BCUT2D eigenvalue weighted by molar-refractivity contribution is 7.05. The van der Waals surface area contributed by atoms with E-state index >= 15 is 0 Å². The van der Waals surface area contributed by atoms with Crippen LogP contribution in [0.3, 0.4) is 0 Å². The summed E-state index contributed by atoms with van der Waals surface area (Å²) in [5, 5.41) is 3.91. The van der Waals surface area contributed by atoms with Gasteiger partial charge in [0.2, 0.25) is 0 Å². The minimum absolute atomic E-state index is 0.272. The SMILES string of the molecule is Cc1ccc(F)cc1C(N)c1snnc1C. The molecule has 0 spiro atoms. The molecule has 1 heterocycles. The topological polar surface area (TPSA) is 51.8 Å². The number of halogens is 1. The van der Waals surface area contributed by atoms with Gasteiger partial charge in [0.1, 0.15) is 5.82 Å². The molecule has 0 radical (unpaired) electrons. The molecule has 0 saturated carbocycles. The second-order valence-electron chi connectivity index (χ2n) is 3.70. The molecule has 0 aliphatic heterocycles. The van der Waals surface area contributed by atoms with Gasteiger partial charge in [-0.2, -0.15) is 0 Å². The maximum Gasteiger partial charge on any atom is 0.123 e. The van der Waals surface area contributed by atoms with Gasteiger partial charge in [0.05, 0.1) is 16.6 Å². The molecule has 16 heavy (non-hydrogen) atoms. The number of aryl methyl sites for hydroxylation is 2. The summed E-state index contributed by atoms with van der Waals surface area (Å²) in [6, 6.07) is 4.28. The van der Waals surface area contributed by atoms with Crippen molar-refractivity contribution in [2.45, 2.75) is 19.9 Å². The number of rotatable bonds is 2. The molecular formula is C11H12FN3S. The summed E-state index contributed by atoms with van der Waals surface area (Å²) in [5.74, 6) is -0.272. The lowest BCUT2D eigenvalue weighted by molar-refractivity contribution is 0.623. The van der Waals surface area contributed by atoms with Gasteiger partial charge in [-0.1, -0.05) is 10.6 Å². The van der Waals surface area contributed by atoms with Crippen LogP contribution in [0.1, 0.15) is 27.7 Å². The quantitative estimate of drug-likeness (QED) is 0.872. The fraction of sp³-hybridized carbons (Fsp3) is 0.273. The number of nitrogens with two attached hydrogens (primary N) is 1. The molecule has 3 nitrogen and oxygen atoms in total. The van der Waals surface area contributed by atoms with Crippen LogP contribution in [0.25, 0.3) is 0 Å². The zero-order chi connectivity index (χ0) is 11.7. The molecule has 0 aliphatic carbocycles. The minimum atomic E-state index is -0.351. The predicted molar refractivity (Wildman–Crippen MR) is 61.8 cm³/mol. The lowest BCUT2D eigenvalue weighted by atomic mass is 10.00. The van der Waals surface area contributed by atoms with E-state index in [-0.39, 0.29) is 11.9 Å². The highest BCUT2D eigenvalue weighted by atomic mass is 32.1. The van der Waals surface area contributed by atoms with Gasteiger partial charge in [0.15, 0.2) is 0 Å². The minimum Gasteiger partial charge on any atom is -0.319 e. The Bertz CT molecular complexity index is 510. The maximum atomic E-state index is 13.2. The van der Waals surface area contributed by atoms with Crippen molar-refractivity contribution in [3.8, 4) is 0 Å². The highest BCUT2D eigenvalue weighted by Gasteiger charge is 2.17. The van der Waals surface area contributed by atoms with E-state index < -0.39 is 0 Å². The van der Waals surface area contributed by atoms with Crippen LogP contribution in [0.5, 0.6) is 0 Å². The van der Waals surface area contributed by atoms with Gasteiger partial charge in [-0.25, -0.2) is 4.39 Å². The van der Waals surface area contributed by atoms with Crippen LogP contribution in [0.15, 0.2) is 18.2 Å². The summed E-state index contributed by atoms with van der Waals surface area (Å²) in [6.45, 7) is 3.77. The molecule has 0 saturated heterocycles. The predicted octanol–water partition coefficient (Wildman–Crippen LogP) is 2.34. The number of hydrogen-bond acceptors (Lipinski definition) is 4. The first-order chi connectivity index (χ1) is 7.59. The van der Waals surface area contributed by atoms with Gasteiger partial charge in [0, 0.05) is 0 Å². The number of benzene rings is 1. The smallest absolute Gasteiger partial charge is 0.123 e. The first-order valence-electron chi connectivity index (χ1n) is 4.90. The molecule has 2 N–H and O–H groups in total. The standard InChI is InChI=1S/C11H12FN3S/c1-6-3-4-8(12)5-9(6)10(13)11-7(2)14-15-16-11/h3-5,10H,13H2,1-2H3. The van der Waals surface area contributed by atoms with E-state index in [1.165, 1.54) is 23.7 Å². The fourth-order valence-corrected chi connectivity index (χ4v) is 2.28.